The second-order valence-electron chi connectivity index (χ2n) is 50.6. The molecule has 17 aromatic carbocycles. The number of fused-ring (bicyclic) bond motifs is 16. The number of nitrogens with one attached hydrogen (secondary N) is 1. The molecule has 1 N–H and O–H groups in total. The molecule has 4 saturated heterocycles. The molecule has 4 fully saturated rings. The van der Waals surface area contributed by atoms with E-state index in [9.17, 15) is 0 Å². The van der Waals surface area contributed by atoms with Gasteiger partial charge in [-0.2, -0.15) is 0 Å². The Morgan fingerprint density at radius 3 is 0.979 bits per heavy atom. The largest absolute Gasteiger partial charge is 0.310 e. The fraction of sp³-hybridized carbons (Fsp3) is 0.209. The summed E-state index contributed by atoms with van der Waals surface area (Å²) in [5.41, 5.74) is 64.6. The molecule has 4 aromatic heterocycles. The van der Waals surface area contributed by atoms with Crippen molar-refractivity contribution in [3.63, 3.8) is 0 Å². The molecule has 0 atom stereocenters. The van der Waals surface area contributed by atoms with Crippen molar-refractivity contribution in [3.05, 3.63) is 403 Å². The molecule has 0 saturated carbocycles. The van der Waals surface area contributed by atoms with Crippen LogP contribution in [-0.4, -0.2) is 70.8 Å². The van der Waals surface area contributed by atoms with E-state index in [0.717, 1.165) is 18.6 Å². The predicted molar refractivity (Wildman–Crippen MR) is 621 cm³/mol. The van der Waals surface area contributed by atoms with E-state index < -0.39 is 6.39 Å². The average Bonchev–Trinajstić information content (AvgIpc) is 1.35. The standard InChI is InChI=1S/C36H31B5N2P.3C31H26BN/c1-35(2)23-15-10-16-24-31(23)38-32-25(35)17-11-19-28(32)43-27-18-9-8-14-22(27)30-29(20-26(36(24,3)4)33(38)34(30)43)44(39-37-40(44)41(39)44)42-21-12-6-5-7-13-21;1-17-9-6-13-23-25(17)18-15-16-22-28-29(18)33(23)24-14-8-12-21-27(24)32(28)26-19(30(21,2)3)10-7-11-20(26)31(22,4)5;1-17-12-15-24-19(16-17)18-13-14-23-28-29(18)33(24)25-11-7-10-22-27(25)32(28)26-20(30(22,2)3)8-6-9-21(26)31(23,4)5;1-17-12-13-18-19-14-15-23-28-29(19)33(25(18)16-17)24-11-7-10-22-27(24)32(28)26-20(30(22,2)3)8-6-9-21(26)31(23,4)5/h5-20,42H,37H2,1-4H3;3*6-16H,1-5H3/q-1;;;. The molecule has 2 bridgehead atoms. The van der Waals surface area contributed by atoms with E-state index >= 15 is 0 Å². The van der Waals surface area contributed by atoms with Crippen molar-refractivity contribution in [3.8, 4) is 22.7 Å². The van der Waals surface area contributed by atoms with Gasteiger partial charge in [0, 0.05) is 98.4 Å². The maximum absolute atomic E-state index is 4.44. The predicted octanol–water partition coefficient (Wildman–Crippen LogP) is 20.0. The zero-order valence-electron chi connectivity index (χ0n) is 85.6. The summed E-state index contributed by atoms with van der Waals surface area (Å²) in [7, 11) is 0.159. The summed E-state index contributed by atoms with van der Waals surface area (Å²) in [4.78, 5) is 0. The molecule has 16 aliphatic heterocycles. The van der Waals surface area contributed by atoms with Gasteiger partial charge in [0.2, 0.25) is 20.1 Å². The minimum Gasteiger partial charge on any atom is -0.310 e. The molecule has 16 aliphatic rings. The molecule has 14 heteroatoms. The van der Waals surface area contributed by atoms with Crippen LogP contribution in [0, 0.1) is 20.8 Å². The third kappa shape index (κ3) is 8.87. The number of benzene rings is 17. The third-order valence-corrected chi connectivity index (χ3v) is 50.4. The van der Waals surface area contributed by atoms with Gasteiger partial charge in [-0.15, -0.1) is 0 Å². The van der Waals surface area contributed by atoms with Crippen molar-refractivity contribution in [2.24, 2.45) is 0 Å². The van der Waals surface area contributed by atoms with Gasteiger partial charge in [0.05, 0.1) is 16.6 Å². The maximum Gasteiger partial charge on any atom is 0.248 e. The summed E-state index contributed by atoms with van der Waals surface area (Å²) in [5.74, 6) is 0. The van der Waals surface area contributed by atoms with Crippen molar-refractivity contribution in [2.45, 2.75) is 175 Å². The smallest absolute Gasteiger partial charge is 0.248 e. The van der Waals surface area contributed by atoms with Gasteiger partial charge >= 0.3 is 261 Å². The van der Waals surface area contributed by atoms with E-state index in [-0.39, 0.29) is 50.4 Å². The second kappa shape index (κ2) is 25.4. The van der Waals surface area contributed by atoms with Gasteiger partial charge in [0.1, 0.15) is 0 Å². The molecule has 0 aliphatic carbocycles. The quantitative estimate of drug-likeness (QED) is 0.139. The second-order valence-corrected chi connectivity index (χ2v) is 56.2. The monoisotopic (exact) mass is 1850 g/mol. The van der Waals surface area contributed by atoms with Crippen LogP contribution in [0.1, 0.15) is 216 Å². The van der Waals surface area contributed by atoms with E-state index in [4.69, 9.17) is 0 Å². The van der Waals surface area contributed by atoms with Crippen molar-refractivity contribution < 1.29 is 0 Å². The van der Waals surface area contributed by atoms with E-state index in [2.05, 4.69) is 452 Å². The number of hydrogen-bond donors (Lipinski definition) is 1. The first-order valence-electron chi connectivity index (χ1n) is 53.4. The summed E-state index contributed by atoms with van der Waals surface area (Å²) >= 11 is 0. The van der Waals surface area contributed by atoms with Gasteiger partial charge in [-0.3, -0.25) is 0 Å². The Morgan fingerprint density at radius 1 is 0.231 bits per heavy atom. The SMILES string of the molecule is CC1(C)c2cccc3c2B2c4c1cccc4C(C)(C)c1cc(P45(Nc6ccccc6)B6[BH2-]B4B65)c4c5ccccc5n-3c4c12.Cc1ccc2c(c1)c1ccc3c4c1n2-c1cccc2c1B4c1c(cccc1C3(C)C)C2(C)C.Cc1ccc2c3ccc4c5c3n(c2c1)-c1cccc2c1B5c1c(cccc1C4(C)C)C2(C)C.Cc1cccc2c1c1ccc3c4c1n2-c1cccc2c1B4c1c(cccc1C3(C)C)C2(C)C. The number of rotatable bonds is 3. The van der Waals surface area contributed by atoms with Gasteiger partial charge in [-0.25, -0.2) is 0 Å². The first kappa shape index (κ1) is 82.2. The van der Waals surface area contributed by atoms with Gasteiger partial charge in [-0.1, -0.05) is 263 Å². The fourth-order valence-corrected chi connectivity index (χ4v) is 45.9. The summed E-state index contributed by atoms with van der Waals surface area (Å²) in [5, 5.41) is 17.6. The molecular weight excluding hydrogens is 1740 g/mol. The number of nitrogens with zero attached hydrogens (tertiary/aromatic N) is 4. The summed E-state index contributed by atoms with van der Waals surface area (Å²) in [6.07, 6.45) is 0.681. The van der Waals surface area contributed by atoms with Crippen LogP contribution in [0.5, 0.6) is 0 Å². The molecule has 5 nitrogen and oxygen atoms in total. The molecule has 0 unspecified atom stereocenters. The van der Waals surface area contributed by atoms with Crippen LogP contribution in [0.2, 0.25) is 0 Å². The molecule has 0 amide bonds. The molecule has 143 heavy (non-hydrogen) atoms. The number of para-hydroxylation sites is 2. The Kier molecular flexibility index (Phi) is 14.6. The Bertz CT molecular complexity index is 9630. The van der Waals surface area contributed by atoms with Crippen LogP contribution in [-0.2, 0) is 43.3 Å². The summed E-state index contributed by atoms with van der Waals surface area (Å²) in [6.45, 7) is 47.0. The van der Waals surface area contributed by atoms with E-state index in [0.29, 0.717) is 26.9 Å². The van der Waals surface area contributed by atoms with Crippen LogP contribution in [0.4, 0.5) is 5.69 Å². The number of hydrogen-bond acceptors (Lipinski definition) is 1. The maximum atomic E-state index is 4.44. The minimum atomic E-state index is -2.22. The Hall–Kier alpha value is -13.3. The van der Waals surface area contributed by atoms with E-state index in [1.165, 1.54) is 221 Å². The van der Waals surface area contributed by atoms with Gasteiger partial charge in [0.25, 0.3) is 0 Å². The zero-order valence-corrected chi connectivity index (χ0v) is 86.5. The molecule has 0 radical (unpaired) electrons. The van der Waals surface area contributed by atoms with Crippen LogP contribution < -0.4 is 75.9 Å². The van der Waals surface area contributed by atoms with Crippen LogP contribution in [0.25, 0.3) is 110 Å². The van der Waals surface area contributed by atoms with E-state index in [1.807, 2.05) is 0 Å². The molecule has 0 spiro atoms. The van der Waals surface area contributed by atoms with Crippen molar-refractivity contribution in [1.82, 2.24) is 18.3 Å². The molecule has 20 heterocycles. The van der Waals surface area contributed by atoms with Gasteiger partial charge in [-0.05, 0) is 174 Å². The molecule has 37 rings (SSSR count). The molecule has 680 valence electrons. The van der Waals surface area contributed by atoms with Gasteiger partial charge in [0.15, 0.2) is 0 Å². The first-order chi connectivity index (χ1) is 68.8. The number of aromatic nitrogens is 4. The summed E-state index contributed by atoms with van der Waals surface area (Å²) < 4.78 is 10.5. The Balaban J connectivity index is 0.0000000847. The fourth-order valence-electron chi connectivity index (χ4n) is 35.5. The molecular formula is C129H109B8N5P-. The molecule has 21 aromatic rings. The van der Waals surface area contributed by atoms with Crippen LogP contribution >= 0.6 is 6.39 Å². The summed E-state index contributed by atoms with van der Waals surface area (Å²) in [6, 6.07) is 115. The Morgan fingerprint density at radius 2 is 0.545 bits per heavy atom. The average molecular weight is 1850 g/mol. The third-order valence-electron chi connectivity index (χ3n) is 41.9. The number of aryl methyl sites for hydroxylation is 3. The zero-order chi connectivity index (χ0) is 96.5. The van der Waals surface area contributed by atoms with Crippen molar-refractivity contribution in [1.29, 1.82) is 0 Å². The Labute approximate surface area is 840 Å². The van der Waals surface area contributed by atoms with Gasteiger partial charge < -0.3 is 13.7 Å². The first-order valence-corrected chi connectivity index (χ1v) is 55.9. The van der Waals surface area contributed by atoms with Crippen molar-refractivity contribution in [2.75, 3.05) is 5.09 Å². The number of anilines is 1. The normalized spacial score (nSPS) is 19.1. The topological polar surface area (TPSA) is 31.8 Å². The van der Waals surface area contributed by atoms with Crippen LogP contribution in [0.3, 0.4) is 0 Å². The minimum absolute atomic E-state index is 0.0221. The van der Waals surface area contributed by atoms with Crippen LogP contribution in [0.15, 0.2) is 297 Å². The van der Waals surface area contributed by atoms with Crippen molar-refractivity contribution >= 4 is 223 Å². The van der Waals surface area contributed by atoms with E-state index in [1.54, 1.807) is 71.0 Å².